The smallest absolute Gasteiger partial charge is 0.141 e. The van der Waals surface area contributed by atoms with Crippen LogP contribution in [0.3, 0.4) is 0 Å². The summed E-state index contributed by atoms with van der Waals surface area (Å²) < 4.78 is 1.97. The van der Waals surface area contributed by atoms with Crippen LogP contribution in [0.25, 0.3) is 0 Å². The van der Waals surface area contributed by atoms with Crippen LogP contribution in [0.4, 0.5) is 0 Å². The van der Waals surface area contributed by atoms with Crippen LogP contribution in [0.1, 0.15) is 51.4 Å². The van der Waals surface area contributed by atoms with Crippen LogP contribution >= 0.6 is 12.2 Å². The van der Waals surface area contributed by atoms with Gasteiger partial charge in [-0.2, -0.15) is 5.10 Å². The van der Waals surface area contributed by atoms with Gasteiger partial charge >= 0.3 is 0 Å². The van der Waals surface area contributed by atoms with E-state index in [9.17, 15) is 0 Å². The molecule has 2 rings (SSSR count). The molecule has 2 N–H and O–H groups in total. The zero-order chi connectivity index (χ0) is 13.8. The fraction of sp³-hybridized carbons (Fsp3) is 0.769. The summed E-state index contributed by atoms with van der Waals surface area (Å²) in [6, 6.07) is 0.909. The number of nitrogens with zero attached hydrogens (tertiary/aromatic N) is 4. The van der Waals surface area contributed by atoms with Crippen LogP contribution < -0.4 is 5.73 Å². The summed E-state index contributed by atoms with van der Waals surface area (Å²) >= 11 is 5.08. The van der Waals surface area contributed by atoms with Crippen LogP contribution in [0.15, 0.2) is 6.33 Å². The van der Waals surface area contributed by atoms with Gasteiger partial charge in [0.05, 0.1) is 11.5 Å². The first-order chi connectivity index (χ1) is 9.08. The second-order valence-electron chi connectivity index (χ2n) is 5.52. The number of thiocarbonyl (C=S) groups is 1. The monoisotopic (exact) mass is 281 g/mol. The number of aromatic nitrogens is 3. The van der Waals surface area contributed by atoms with E-state index in [1.807, 2.05) is 4.68 Å². The fourth-order valence-corrected chi connectivity index (χ4v) is 2.95. The van der Waals surface area contributed by atoms with Gasteiger partial charge in [-0.25, -0.2) is 9.67 Å². The lowest BCUT2D eigenvalue weighted by molar-refractivity contribution is 0.208. The minimum Gasteiger partial charge on any atom is -0.392 e. The predicted molar refractivity (Wildman–Crippen MR) is 79.9 cm³/mol. The third-order valence-corrected chi connectivity index (χ3v) is 3.81. The molecule has 1 saturated carbocycles. The molecule has 1 heterocycles. The van der Waals surface area contributed by atoms with Gasteiger partial charge in [0.25, 0.3) is 0 Å². The van der Waals surface area contributed by atoms with Crippen molar-refractivity contribution in [3.8, 4) is 0 Å². The van der Waals surface area contributed by atoms with E-state index >= 15 is 0 Å². The lowest BCUT2D eigenvalue weighted by atomic mass is 10.2. The van der Waals surface area contributed by atoms with Gasteiger partial charge in [-0.3, -0.25) is 4.90 Å². The van der Waals surface area contributed by atoms with E-state index in [-0.39, 0.29) is 0 Å². The van der Waals surface area contributed by atoms with Crippen molar-refractivity contribution in [2.24, 2.45) is 5.73 Å². The lowest BCUT2D eigenvalue weighted by Gasteiger charge is -2.28. The average molecular weight is 281 g/mol. The van der Waals surface area contributed by atoms with Gasteiger partial charge in [-0.05, 0) is 26.7 Å². The second kappa shape index (κ2) is 6.43. The summed E-state index contributed by atoms with van der Waals surface area (Å²) in [5.74, 6) is 0.998. The first kappa shape index (κ1) is 14.4. The maximum absolute atomic E-state index is 5.73. The van der Waals surface area contributed by atoms with E-state index in [2.05, 4.69) is 28.8 Å². The summed E-state index contributed by atoms with van der Waals surface area (Å²) in [5.41, 5.74) is 5.73. The van der Waals surface area contributed by atoms with E-state index in [1.54, 1.807) is 6.33 Å². The third-order valence-electron chi connectivity index (χ3n) is 3.68. The average Bonchev–Trinajstić information content (AvgIpc) is 2.98. The Hall–Kier alpha value is -1.01. The summed E-state index contributed by atoms with van der Waals surface area (Å²) in [7, 11) is 0. The molecule has 1 aromatic heterocycles. The third kappa shape index (κ3) is 3.73. The highest BCUT2D eigenvalue weighted by atomic mass is 32.1. The molecular formula is C13H23N5S. The van der Waals surface area contributed by atoms with Crippen molar-refractivity contribution in [2.45, 2.75) is 58.2 Å². The minimum atomic E-state index is 0.327. The van der Waals surface area contributed by atoms with E-state index in [0.29, 0.717) is 23.6 Å². The molecule has 1 aromatic rings. The van der Waals surface area contributed by atoms with Crippen molar-refractivity contribution < 1.29 is 0 Å². The van der Waals surface area contributed by atoms with Crippen molar-refractivity contribution in [1.82, 2.24) is 19.7 Å². The first-order valence-electron chi connectivity index (χ1n) is 6.98. The summed E-state index contributed by atoms with van der Waals surface area (Å²) in [6.45, 7) is 5.68. The molecule has 0 bridgehead atoms. The molecule has 0 aliphatic heterocycles. The van der Waals surface area contributed by atoms with Gasteiger partial charge in [-0.1, -0.05) is 25.1 Å². The molecule has 0 saturated heterocycles. The Morgan fingerprint density at radius 1 is 1.53 bits per heavy atom. The molecule has 0 spiro atoms. The maximum Gasteiger partial charge on any atom is 0.141 e. The zero-order valence-corrected chi connectivity index (χ0v) is 12.6. The van der Waals surface area contributed by atoms with Crippen LogP contribution in [0, 0.1) is 0 Å². The minimum absolute atomic E-state index is 0.327. The summed E-state index contributed by atoms with van der Waals surface area (Å²) in [5, 5.41) is 4.29. The maximum atomic E-state index is 5.73. The SMILES string of the molecule is CC(C)n1ncnc1CN(CC(N)=S)C1CCCC1. The molecule has 106 valence electrons. The Labute approximate surface area is 120 Å². The Morgan fingerprint density at radius 2 is 2.21 bits per heavy atom. The Balaban J connectivity index is 2.10. The molecule has 0 radical (unpaired) electrons. The molecule has 19 heavy (non-hydrogen) atoms. The Morgan fingerprint density at radius 3 is 2.79 bits per heavy atom. The fourth-order valence-electron chi connectivity index (χ4n) is 2.78. The second-order valence-corrected chi connectivity index (χ2v) is 6.05. The molecule has 1 aliphatic carbocycles. The number of rotatable bonds is 6. The Kier molecular flexibility index (Phi) is 4.87. The van der Waals surface area contributed by atoms with Crippen LogP contribution in [-0.2, 0) is 6.54 Å². The van der Waals surface area contributed by atoms with Crippen LogP contribution in [0.5, 0.6) is 0 Å². The summed E-state index contributed by atoms with van der Waals surface area (Å²) in [4.78, 5) is 7.30. The molecule has 1 aliphatic rings. The topological polar surface area (TPSA) is 60.0 Å². The lowest BCUT2D eigenvalue weighted by Crippen LogP contribution is -2.39. The number of nitrogens with two attached hydrogens (primary N) is 1. The molecular weight excluding hydrogens is 258 g/mol. The number of hydrogen-bond donors (Lipinski definition) is 1. The normalized spacial score (nSPS) is 16.6. The van der Waals surface area contributed by atoms with E-state index in [4.69, 9.17) is 18.0 Å². The van der Waals surface area contributed by atoms with Gasteiger partial charge in [0.2, 0.25) is 0 Å². The van der Waals surface area contributed by atoms with Gasteiger partial charge in [0.1, 0.15) is 12.2 Å². The first-order valence-corrected chi connectivity index (χ1v) is 7.39. The molecule has 0 unspecified atom stereocenters. The highest BCUT2D eigenvalue weighted by molar-refractivity contribution is 7.80. The quantitative estimate of drug-likeness (QED) is 0.807. The van der Waals surface area contributed by atoms with Crippen molar-refractivity contribution in [3.63, 3.8) is 0 Å². The van der Waals surface area contributed by atoms with E-state index in [0.717, 1.165) is 12.4 Å². The van der Waals surface area contributed by atoms with Crippen LogP contribution in [-0.4, -0.2) is 37.2 Å². The van der Waals surface area contributed by atoms with Crippen molar-refractivity contribution in [1.29, 1.82) is 0 Å². The Bertz CT molecular complexity index is 422. The molecule has 0 aromatic carbocycles. The number of hydrogen-bond acceptors (Lipinski definition) is 4. The van der Waals surface area contributed by atoms with E-state index < -0.39 is 0 Å². The standard InChI is InChI=1S/C13H23N5S/c1-10(2)18-13(15-9-16-18)8-17(7-12(14)19)11-5-3-4-6-11/h9-11H,3-8H2,1-2H3,(H2,14,19). The predicted octanol–water partition coefficient (Wildman–Crippen LogP) is 1.89. The van der Waals surface area contributed by atoms with Gasteiger partial charge in [-0.15, -0.1) is 0 Å². The highest BCUT2D eigenvalue weighted by Crippen LogP contribution is 2.24. The van der Waals surface area contributed by atoms with Gasteiger partial charge in [0, 0.05) is 18.6 Å². The zero-order valence-electron chi connectivity index (χ0n) is 11.7. The summed E-state index contributed by atoms with van der Waals surface area (Å²) in [6.07, 6.45) is 6.70. The van der Waals surface area contributed by atoms with Gasteiger partial charge < -0.3 is 5.73 Å². The molecule has 1 fully saturated rings. The molecule has 0 atom stereocenters. The van der Waals surface area contributed by atoms with Gasteiger partial charge in [0.15, 0.2) is 0 Å². The van der Waals surface area contributed by atoms with Crippen molar-refractivity contribution in [3.05, 3.63) is 12.2 Å². The van der Waals surface area contributed by atoms with Crippen molar-refractivity contribution >= 4 is 17.2 Å². The van der Waals surface area contributed by atoms with Crippen LogP contribution in [0.2, 0.25) is 0 Å². The largest absolute Gasteiger partial charge is 0.392 e. The molecule has 5 nitrogen and oxygen atoms in total. The van der Waals surface area contributed by atoms with E-state index in [1.165, 1.54) is 25.7 Å². The highest BCUT2D eigenvalue weighted by Gasteiger charge is 2.24. The molecule has 6 heteroatoms. The molecule has 0 amide bonds. The van der Waals surface area contributed by atoms with Crippen molar-refractivity contribution in [2.75, 3.05) is 6.54 Å².